The highest BCUT2D eigenvalue weighted by atomic mass is 35.5. The zero-order chi connectivity index (χ0) is 18.6. The number of nitrogens with one attached hydrogen (secondary N) is 1. The standard InChI is InChI=1S/C17H24ClN3O4S/c18-16-4-3-14(21-6-1-2-12-26(21,23)24)13-15(16)17(22)19-5-7-20-8-10-25-11-9-20/h3-4,13H,1-2,5-12H2,(H,19,22). The van der Waals surface area contributed by atoms with Crippen LogP contribution in [0.2, 0.25) is 5.02 Å². The first-order chi connectivity index (χ1) is 12.5. The fraction of sp³-hybridized carbons (Fsp3) is 0.588. The summed E-state index contributed by atoms with van der Waals surface area (Å²) < 4.78 is 31.2. The van der Waals surface area contributed by atoms with Crippen LogP contribution in [-0.4, -0.2) is 70.9 Å². The third-order valence-electron chi connectivity index (χ3n) is 4.65. The lowest BCUT2D eigenvalue weighted by Crippen LogP contribution is -2.41. The maximum atomic E-state index is 12.5. The van der Waals surface area contributed by atoms with Crippen molar-refractivity contribution in [3.63, 3.8) is 0 Å². The van der Waals surface area contributed by atoms with Crippen LogP contribution in [0.3, 0.4) is 0 Å². The molecule has 3 rings (SSSR count). The van der Waals surface area contributed by atoms with Gasteiger partial charge in [0.05, 0.1) is 35.2 Å². The van der Waals surface area contributed by atoms with Gasteiger partial charge in [-0.3, -0.25) is 14.0 Å². The summed E-state index contributed by atoms with van der Waals surface area (Å²) in [7, 11) is -3.32. The van der Waals surface area contributed by atoms with E-state index in [4.69, 9.17) is 16.3 Å². The number of sulfonamides is 1. The SMILES string of the molecule is O=C(NCCN1CCOCC1)c1cc(N2CCCCS2(=O)=O)ccc1Cl. The minimum absolute atomic E-state index is 0.136. The van der Waals surface area contributed by atoms with E-state index in [-0.39, 0.29) is 11.7 Å². The van der Waals surface area contributed by atoms with Crippen molar-refractivity contribution in [1.29, 1.82) is 0 Å². The van der Waals surface area contributed by atoms with Gasteiger partial charge in [0.25, 0.3) is 5.91 Å². The second-order valence-electron chi connectivity index (χ2n) is 6.47. The molecule has 2 fully saturated rings. The maximum Gasteiger partial charge on any atom is 0.252 e. The molecule has 1 aromatic rings. The smallest absolute Gasteiger partial charge is 0.252 e. The number of anilines is 1. The summed E-state index contributed by atoms with van der Waals surface area (Å²) in [6.07, 6.45) is 1.48. The van der Waals surface area contributed by atoms with E-state index in [0.29, 0.717) is 49.0 Å². The molecule has 144 valence electrons. The Balaban J connectivity index is 1.65. The van der Waals surface area contributed by atoms with E-state index in [1.165, 1.54) is 4.31 Å². The van der Waals surface area contributed by atoms with E-state index in [9.17, 15) is 13.2 Å². The Morgan fingerprint density at radius 3 is 2.69 bits per heavy atom. The number of morpholine rings is 1. The average Bonchev–Trinajstić information content (AvgIpc) is 2.63. The van der Waals surface area contributed by atoms with Crippen molar-refractivity contribution in [3.05, 3.63) is 28.8 Å². The summed E-state index contributed by atoms with van der Waals surface area (Å²) in [6.45, 7) is 4.83. The van der Waals surface area contributed by atoms with Crippen LogP contribution in [0.25, 0.3) is 0 Å². The molecular weight excluding hydrogens is 378 g/mol. The predicted molar refractivity (Wildman–Crippen MR) is 101 cm³/mol. The van der Waals surface area contributed by atoms with Gasteiger partial charge in [-0.25, -0.2) is 8.42 Å². The van der Waals surface area contributed by atoms with Crippen LogP contribution in [0.1, 0.15) is 23.2 Å². The first-order valence-electron chi connectivity index (χ1n) is 8.86. The number of halogens is 1. The van der Waals surface area contributed by atoms with E-state index in [1.807, 2.05) is 0 Å². The van der Waals surface area contributed by atoms with E-state index in [2.05, 4.69) is 10.2 Å². The van der Waals surface area contributed by atoms with Crippen LogP contribution in [0.4, 0.5) is 5.69 Å². The summed E-state index contributed by atoms with van der Waals surface area (Å²) in [5.74, 6) is -0.156. The molecule has 0 atom stereocenters. The number of hydrogen-bond donors (Lipinski definition) is 1. The Bertz CT molecular complexity index is 750. The van der Waals surface area contributed by atoms with Crippen molar-refractivity contribution >= 4 is 33.2 Å². The number of hydrogen-bond acceptors (Lipinski definition) is 5. The fourth-order valence-corrected chi connectivity index (χ4v) is 5.00. The zero-order valence-electron chi connectivity index (χ0n) is 14.6. The third-order valence-corrected chi connectivity index (χ3v) is 6.85. The molecule has 2 aliphatic heterocycles. The van der Waals surface area contributed by atoms with Crippen LogP contribution in [0.15, 0.2) is 18.2 Å². The van der Waals surface area contributed by atoms with Gasteiger partial charge in [-0.2, -0.15) is 0 Å². The minimum Gasteiger partial charge on any atom is -0.379 e. The molecule has 1 aromatic carbocycles. The second kappa shape index (κ2) is 8.56. The molecule has 0 saturated carbocycles. The monoisotopic (exact) mass is 401 g/mol. The van der Waals surface area contributed by atoms with Crippen LogP contribution >= 0.6 is 11.6 Å². The Morgan fingerprint density at radius 2 is 1.96 bits per heavy atom. The first-order valence-corrected chi connectivity index (χ1v) is 10.8. The maximum absolute atomic E-state index is 12.5. The molecule has 2 saturated heterocycles. The molecule has 1 amide bonds. The normalized spacial score (nSPS) is 20.7. The van der Waals surface area contributed by atoms with Crippen LogP contribution in [-0.2, 0) is 14.8 Å². The van der Waals surface area contributed by atoms with Gasteiger partial charge >= 0.3 is 0 Å². The second-order valence-corrected chi connectivity index (χ2v) is 8.89. The molecule has 0 unspecified atom stereocenters. The van der Waals surface area contributed by atoms with Gasteiger partial charge in [-0.15, -0.1) is 0 Å². The fourth-order valence-electron chi connectivity index (χ4n) is 3.17. The van der Waals surface area contributed by atoms with Crippen molar-refractivity contribution < 1.29 is 17.9 Å². The number of rotatable bonds is 5. The Morgan fingerprint density at radius 1 is 1.19 bits per heavy atom. The number of carbonyl (C=O) groups excluding carboxylic acids is 1. The van der Waals surface area contributed by atoms with E-state index in [0.717, 1.165) is 26.1 Å². The molecule has 26 heavy (non-hydrogen) atoms. The molecular formula is C17H24ClN3O4S. The van der Waals surface area contributed by atoms with E-state index >= 15 is 0 Å². The van der Waals surface area contributed by atoms with Gasteiger partial charge in [-0.05, 0) is 31.0 Å². The van der Waals surface area contributed by atoms with Gasteiger partial charge < -0.3 is 10.1 Å². The van der Waals surface area contributed by atoms with Crippen LogP contribution in [0, 0.1) is 0 Å². The largest absolute Gasteiger partial charge is 0.379 e. The molecule has 2 aliphatic rings. The number of amides is 1. The highest BCUT2D eigenvalue weighted by molar-refractivity contribution is 7.92. The molecule has 2 heterocycles. The van der Waals surface area contributed by atoms with Gasteiger partial charge in [0.2, 0.25) is 10.0 Å². The van der Waals surface area contributed by atoms with Gasteiger partial charge in [-0.1, -0.05) is 11.6 Å². The molecule has 1 N–H and O–H groups in total. The highest BCUT2D eigenvalue weighted by Gasteiger charge is 2.27. The molecule has 0 aliphatic carbocycles. The Labute approximate surface area is 159 Å². The van der Waals surface area contributed by atoms with Crippen LogP contribution < -0.4 is 9.62 Å². The highest BCUT2D eigenvalue weighted by Crippen LogP contribution is 2.27. The van der Waals surface area contributed by atoms with Crippen molar-refractivity contribution in [2.24, 2.45) is 0 Å². The first kappa shape index (κ1) is 19.4. The lowest BCUT2D eigenvalue weighted by atomic mass is 10.1. The van der Waals surface area contributed by atoms with Crippen molar-refractivity contribution in [2.45, 2.75) is 12.8 Å². The molecule has 9 heteroatoms. The van der Waals surface area contributed by atoms with Crippen molar-refractivity contribution in [3.8, 4) is 0 Å². The van der Waals surface area contributed by atoms with Gasteiger partial charge in [0, 0.05) is 32.7 Å². The predicted octanol–water partition coefficient (Wildman–Crippen LogP) is 1.33. The van der Waals surface area contributed by atoms with Gasteiger partial charge in [0.1, 0.15) is 0 Å². The summed E-state index contributed by atoms with van der Waals surface area (Å²) in [5.41, 5.74) is 0.791. The third kappa shape index (κ3) is 4.68. The number of carbonyl (C=O) groups is 1. The summed E-state index contributed by atoms with van der Waals surface area (Å²) in [4.78, 5) is 14.7. The Hall–Kier alpha value is -1.35. The molecule has 0 bridgehead atoms. The zero-order valence-corrected chi connectivity index (χ0v) is 16.2. The van der Waals surface area contributed by atoms with Crippen molar-refractivity contribution in [2.75, 3.05) is 56.0 Å². The molecule has 0 spiro atoms. The summed E-state index contributed by atoms with van der Waals surface area (Å²) >= 11 is 6.17. The lowest BCUT2D eigenvalue weighted by Gasteiger charge is -2.28. The number of benzene rings is 1. The number of nitrogens with zero attached hydrogens (tertiary/aromatic N) is 2. The molecule has 0 radical (unpaired) electrons. The van der Waals surface area contributed by atoms with E-state index in [1.54, 1.807) is 18.2 Å². The van der Waals surface area contributed by atoms with Crippen LogP contribution in [0.5, 0.6) is 0 Å². The number of ether oxygens (including phenoxy) is 1. The van der Waals surface area contributed by atoms with Crippen molar-refractivity contribution in [1.82, 2.24) is 10.2 Å². The summed E-state index contributed by atoms with van der Waals surface area (Å²) in [6, 6.07) is 4.79. The summed E-state index contributed by atoms with van der Waals surface area (Å²) in [5, 5.41) is 3.18. The van der Waals surface area contributed by atoms with Gasteiger partial charge in [0.15, 0.2) is 0 Å². The Kier molecular flexibility index (Phi) is 6.39. The average molecular weight is 402 g/mol. The minimum atomic E-state index is -3.32. The molecule has 0 aromatic heterocycles. The topological polar surface area (TPSA) is 79.0 Å². The quantitative estimate of drug-likeness (QED) is 0.805. The lowest BCUT2D eigenvalue weighted by molar-refractivity contribution is 0.0383. The van der Waals surface area contributed by atoms with E-state index < -0.39 is 10.0 Å². The molecule has 7 nitrogen and oxygen atoms in total.